The summed E-state index contributed by atoms with van der Waals surface area (Å²) in [5.74, 6) is 1.11. The van der Waals surface area contributed by atoms with Crippen LogP contribution in [0, 0.1) is 5.82 Å². The van der Waals surface area contributed by atoms with Crippen LogP contribution in [0.5, 0.6) is 0 Å². The average Bonchev–Trinajstić information content (AvgIpc) is 3.11. The molecule has 27 heavy (non-hydrogen) atoms. The highest BCUT2D eigenvalue weighted by atomic mass is 32.2. The first kappa shape index (κ1) is 17.4. The van der Waals surface area contributed by atoms with Crippen molar-refractivity contribution >= 4 is 22.7 Å². The first-order valence-electron chi connectivity index (χ1n) is 8.37. The summed E-state index contributed by atoms with van der Waals surface area (Å²) in [6.45, 7) is 4.42. The van der Waals surface area contributed by atoms with E-state index in [2.05, 4.69) is 26.7 Å². The quantitative estimate of drug-likeness (QED) is 0.366. The number of thioether (sulfide) groups is 1. The third-order valence-electron chi connectivity index (χ3n) is 4.12. The van der Waals surface area contributed by atoms with Crippen molar-refractivity contribution in [2.75, 3.05) is 0 Å². The monoisotopic (exact) mass is 377 g/mol. The molecule has 0 saturated carbocycles. The van der Waals surface area contributed by atoms with Crippen LogP contribution in [-0.2, 0) is 12.3 Å². The molecule has 0 amide bonds. The van der Waals surface area contributed by atoms with Gasteiger partial charge in [-0.25, -0.2) is 4.39 Å². The minimum atomic E-state index is -0.262. The Balaban J connectivity index is 1.65. The molecule has 3 heterocycles. The number of benzene rings is 1. The third kappa shape index (κ3) is 3.46. The topological polar surface area (TPSA) is 56.5 Å². The Bertz CT molecular complexity index is 1090. The second kappa shape index (κ2) is 7.67. The normalized spacial score (nSPS) is 11.0. The Hall–Kier alpha value is -3.06. The van der Waals surface area contributed by atoms with Crippen LogP contribution < -0.4 is 0 Å². The lowest BCUT2D eigenvalue weighted by molar-refractivity contribution is 0.639. The van der Waals surface area contributed by atoms with Crippen molar-refractivity contribution in [1.29, 1.82) is 0 Å². The Kier molecular flexibility index (Phi) is 4.93. The van der Waals surface area contributed by atoms with Crippen molar-refractivity contribution in [2.24, 2.45) is 0 Å². The van der Waals surface area contributed by atoms with Gasteiger partial charge in [0.15, 0.2) is 11.0 Å². The molecule has 0 bridgehead atoms. The number of halogens is 1. The Morgan fingerprint density at radius 3 is 2.74 bits per heavy atom. The lowest BCUT2D eigenvalue weighted by Crippen LogP contribution is -2.01. The van der Waals surface area contributed by atoms with Crippen molar-refractivity contribution < 1.29 is 4.39 Å². The minimum Gasteiger partial charge on any atom is -0.298 e. The largest absolute Gasteiger partial charge is 0.298 e. The van der Waals surface area contributed by atoms with E-state index in [4.69, 9.17) is 0 Å². The number of rotatable bonds is 6. The number of fused-ring (bicyclic) bond motifs is 1. The molecule has 0 radical (unpaired) electrons. The van der Waals surface area contributed by atoms with Gasteiger partial charge in [0.25, 0.3) is 0 Å². The van der Waals surface area contributed by atoms with E-state index < -0.39 is 0 Å². The maximum Gasteiger partial charge on any atom is 0.192 e. The highest BCUT2D eigenvalue weighted by molar-refractivity contribution is 7.98. The highest BCUT2D eigenvalue weighted by Crippen LogP contribution is 2.29. The number of hydrogen-bond donors (Lipinski definition) is 0. The zero-order valence-corrected chi connectivity index (χ0v) is 15.2. The molecule has 0 fully saturated rings. The zero-order valence-electron chi connectivity index (χ0n) is 14.4. The predicted molar refractivity (Wildman–Crippen MR) is 105 cm³/mol. The summed E-state index contributed by atoms with van der Waals surface area (Å²) in [5, 5.41) is 9.97. The summed E-state index contributed by atoms with van der Waals surface area (Å²) in [4.78, 5) is 8.39. The molecule has 134 valence electrons. The SMILES string of the molecule is C=CCn1c(SCc2ccc(F)c3cccnc23)nnc1-c1ccncc1. The highest BCUT2D eigenvalue weighted by Gasteiger charge is 2.15. The van der Waals surface area contributed by atoms with Gasteiger partial charge in [0, 0.05) is 41.8 Å². The summed E-state index contributed by atoms with van der Waals surface area (Å²) in [6.07, 6.45) is 6.95. The molecular weight excluding hydrogens is 361 g/mol. The van der Waals surface area contributed by atoms with E-state index in [-0.39, 0.29) is 5.82 Å². The lowest BCUT2D eigenvalue weighted by Gasteiger charge is -2.09. The van der Waals surface area contributed by atoms with Gasteiger partial charge in [0.1, 0.15) is 5.82 Å². The zero-order chi connectivity index (χ0) is 18.6. The van der Waals surface area contributed by atoms with Gasteiger partial charge >= 0.3 is 0 Å². The van der Waals surface area contributed by atoms with Gasteiger partial charge in [-0.1, -0.05) is 23.9 Å². The van der Waals surface area contributed by atoms with E-state index in [1.165, 1.54) is 17.8 Å². The molecule has 5 nitrogen and oxygen atoms in total. The van der Waals surface area contributed by atoms with Gasteiger partial charge in [0.2, 0.25) is 0 Å². The van der Waals surface area contributed by atoms with Crippen LogP contribution in [0.25, 0.3) is 22.3 Å². The van der Waals surface area contributed by atoms with Crippen molar-refractivity contribution in [3.63, 3.8) is 0 Å². The number of nitrogens with zero attached hydrogens (tertiary/aromatic N) is 5. The molecular formula is C20H16FN5S. The van der Waals surface area contributed by atoms with Gasteiger partial charge in [-0.15, -0.1) is 16.8 Å². The third-order valence-corrected chi connectivity index (χ3v) is 5.14. The van der Waals surface area contributed by atoms with Crippen molar-refractivity contribution in [1.82, 2.24) is 24.7 Å². The number of allylic oxidation sites excluding steroid dienone is 1. The van der Waals surface area contributed by atoms with E-state index >= 15 is 0 Å². The van der Waals surface area contributed by atoms with Gasteiger partial charge in [0.05, 0.1) is 5.52 Å². The molecule has 0 spiro atoms. The fourth-order valence-corrected chi connectivity index (χ4v) is 3.79. The molecule has 7 heteroatoms. The molecule has 0 aliphatic carbocycles. The summed E-state index contributed by atoms with van der Waals surface area (Å²) < 4.78 is 16.0. The summed E-state index contributed by atoms with van der Waals surface area (Å²) in [6, 6.07) is 10.5. The van der Waals surface area contributed by atoms with Crippen LogP contribution >= 0.6 is 11.8 Å². The fourth-order valence-electron chi connectivity index (χ4n) is 2.86. The van der Waals surface area contributed by atoms with E-state index in [9.17, 15) is 4.39 Å². The van der Waals surface area contributed by atoms with Crippen LogP contribution in [0.1, 0.15) is 5.56 Å². The molecule has 4 aromatic rings. The van der Waals surface area contributed by atoms with Gasteiger partial charge in [-0.05, 0) is 35.9 Å². The molecule has 0 saturated heterocycles. The molecule has 0 aliphatic rings. The first-order valence-corrected chi connectivity index (χ1v) is 9.36. The summed E-state index contributed by atoms with van der Waals surface area (Å²) in [5.41, 5.74) is 2.57. The molecule has 4 rings (SSSR count). The van der Waals surface area contributed by atoms with Crippen molar-refractivity contribution in [3.05, 3.63) is 79.0 Å². The van der Waals surface area contributed by atoms with Crippen LogP contribution in [0.15, 0.2) is 72.8 Å². The lowest BCUT2D eigenvalue weighted by atomic mass is 10.1. The fraction of sp³-hybridized carbons (Fsp3) is 0.100. The van der Waals surface area contributed by atoms with Crippen LogP contribution in [-0.4, -0.2) is 24.7 Å². The Labute approximate surface area is 160 Å². The van der Waals surface area contributed by atoms with Crippen LogP contribution in [0.3, 0.4) is 0 Å². The standard InChI is InChI=1S/C20H16FN5S/c1-2-12-26-19(14-7-10-22-11-8-14)24-25-20(26)27-13-15-5-6-17(21)16-4-3-9-23-18(15)16/h2-11H,1,12-13H2. The van der Waals surface area contributed by atoms with E-state index in [1.807, 2.05) is 22.8 Å². The minimum absolute atomic E-state index is 0.262. The number of pyridine rings is 2. The molecule has 0 unspecified atom stereocenters. The Morgan fingerprint density at radius 2 is 1.93 bits per heavy atom. The Morgan fingerprint density at radius 1 is 1.07 bits per heavy atom. The molecule has 0 aliphatic heterocycles. The molecule has 0 atom stereocenters. The summed E-state index contributed by atoms with van der Waals surface area (Å²) >= 11 is 1.54. The summed E-state index contributed by atoms with van der Waals surface area (Å²) in [7, 11) is 0. The first-order chi connectivity index (χ1) is 13.3. The number of hydrogen-bond acceptors (Lipinski definition) is 5. The molecule has 1 aromatic carbocycles. The second-order valence-corrected chi connectivity index (χ2v) is 6.78. The van der Waals surface area contributed by atoms with Gasteiger partial charge in [-0.2, -0.15) is 0 Å². The maximum atomic E-state index is 14.0. The van der Waals surface area contributed by atoms with Gasteiger partial charge < -0.3 is 0 Å². The van der Waals surface area contributed by atoms with E-state index in [1.54, 1.807) is 36.8 Å². The van der Waals surface area contributed by atoms with Crippen molar-refractivity contribution in [3.8, 4) is 11.4 Å². The van der Waals surface area contributed by atoms with Crippen LogP contribution in [0.4, 0.5) is 4.39 Å². The second-order valence-electron chi connectivity index (χ2n) is 5.84. The van der Waals surface area contributed by atoms with Crippen molar-refractivity contribution in [2.45, 2.75) is 17.5 Å². The van der Waals surface area contributed by atoms with E-state index in [0.29, 0.717) is 23.2 Å². The molecule has 0 N–H and O–H groups in total. The van der Waals surface area contributed by atoms with Gasteiger partial charge in [-0.3, -0.25) is 14.5 Å². The van der Waals surface area contributed by atoms with Crippen LogP contribution in [0.2, 0.25) is 0 Å². The van der Waals surface area contributed by atoms with E-state index in [0.717, 1.165) is 22.1 Å². The maximum absolute atomic E-state index is 14.0. The smallest absolute Gasteiger partial charge is 0.192 e. The molecule has 3 aromatic heterocycles. The average molecular weight is 377 g/mol. The predicted octanol–water partition coefficient (Wildman–Crippen LogP) is 4.51. The number of aromatic nitrogens is 5.